The van der Waals surface area contributed by atoms with Crippen molar-refractivity contribution in [3.8, 4) is 0 Å². The van der Waals surface area contributed by atoms with Gasteiger partial charge in [-0.3, -0.25) is 0 Å². The van der Waals surface area contributed by atoms with Crippen LogP contribution in [0.25, 0.3) is 0 Å². The summed E-state index contributed by atoms with van der Waals surface area (Å²) in [7, 11) is 1.41. The zero-order valence-corrected chi connectivity index (χ0v) is 12.5. The number of carbonyl (C=O) groups excluding carboxylic acids is 1. The molecule has 0 radical (unpaired) electrons. The lowest BCUT2D eigenvalue weighted by Gasteiger charge is -2.19. The van der Waals surface area contributed by atoms with Gasteiger partial charge in [-0.25, -0.2) is 4.79 Å². The molecule has 0 aromatic heterocycles. The second kappa shape index (κ2) is 4.34. The molecule has 1 aliphatic heterocycles. The van der Waals surface area contributed by atoms with E-state index in [1.54, 1.807) is 0 Å². The van der Waals surface area contributed by atoms with Gasteiger partial charge < -0.3 is 9.47 Å². The van der Waals surface area contributed by atoms with Crippen LogP contribution >= 0.6 is 0 Å². The second-order valence-electron chi connectivity index (χ2n) is 5.82. The molecule has 0 N–H and O–H groups in total. The minimum Gasteiger partial charge on any atom is -0.467 e. The summed E-state index contributed by atoms with van der Waals surface area (Å²) in [6.07, 6.45) is 0. The summed E-state index contributed by atoms with van der Waals surface area (Å²) < 4.78 is 10.9. The number of hydrogen-bond donors (Lipinski definition) is 0. The summed E-state index contributed by atoms with van der Waals surface area (Å²) in [5.74, 6) is -0.227. The lowest BCUT2D eigenvalue weighted by atomic mass is 9.80. The molecular weight excluding hydrogens is 240 g/mol. The van der Waals surface area contributed by atoms with Crippen LogP contribution in [0.1, 0.15) is 37.5 Å². The normalized spacial score (nSPS) is 29.4. The molecule has 0 aliphatic carbocycles. The first-order chi connectivity index (χ1) is 8.79. The van der Waals surface area contributed by atoms with Gasteiger partial charge in [-0.15, -0.1) is 0 Å². The van der Waals surface area contributed by atoms with E-state index in [0.717, 1.165) is 5.56 Å². The quantitative estimate of drug-likeness (QED) is 0.620. The van der Waals surface area contributed by atoms with Crippen molar-refractivity contribution in [1.29, 1.82) is 0 Å². The van der Waals surface area contributed by atoms with Gasteiger partial charge in [0.1, 0.15) is 5.60 Å². The van der Waals surface area contributed by atoms with Crippen LogP contribution in [0.3, 0.4) is 0 Å². The Hall–Kier alpha value is -1.35. The van der Waals surface area contributed by atoms with E-state index in [-0.39, 0.29) is 11.9 Å². The summed E-state index contributed by atoms with van der Waals surface area (Å²) in [6.45, 7) is 10.1. The Morgan fingerprint density at radius 1 is 1.26 bits per heavy atom. The van der Waals surface area contributed by atoms with Gasteiger partial charge in [0, 0.05) is 0 Å². The monoisotopic (exact) mass is 262 g/mol. The van der Waals surface area contributed by atoms with E-state index in [0.29, 0.717) is 0 Å². The topological polar surface area (TPSA) is 38.8 Å². The molecule has 1 aromatic rings. The van der Waals surface area contributed by atoms with Gasteiger partial charge in [-0.05, 0) is 43.4 Å². The summed E-state index contributed by atoms with van der Waals surface area (Å²) in [6, 6.07) is 6.21. The summed E-state index contributed by atoms with van der Waals surface area (Å²) in [5, 5.41) is 0. The molecule has 1 fully saturated rings. The number of aryl methyl sites for hydroxylation is 2. The van der Waals surface area contributed by atoms with Crippen molar-refractivity contribution < 1.29 is 14.3 Å². The largest absolute Gasteiger partial charge is 0.467 e. The fourth-order valence-electron chi connectivity index (χ4n) is 2.90. The molecular formula is C16H22O3. The number of rotatable bonds is 3. The van der Waals surface area contributed by atoms with Crippen LogP contribution < -0.4 is 0 Å². The maximum atomic E-state index is 12.1. The first-order valence-corrected chi connectivity index (χ1v) is 6.66. The number of ether oxygens (including phenoxy) is 2. The lowest BCUT2D eigenvalue weighted by Crippen LogP contribution is -2.37. The van der Waals surface area contributed by atoms with E-state index in [4.69, 9.17) is 9.47 Å². The number of epoxide rings is 1. The Bertz CT molecular complexity index is 521. The number of carbonyl (C=O) groups is 1. The van der Waals surface area contributed by atoms with E-state index in [2.05, 4.69) is 26.0 Å². The molecule has 2 atom stereocenters. The summed E-state index contributed by atoms with van der Waals surface area (Å²) in [5.41, 5.74) is 2.03. The van der Waals surface area contributed by atoms with Crippen molar-refractivity contribution in [2.24, 2.45) is 5.92 Å². The average molecular weight is 262 g/mol. The van der Waals surface area contributed by atoms with Crippen LogP contribution in [0.5, 0.6) is 0 Å². The lowest BCUT2D eigenvalue weighted by molar-refractivity contribution is -0.148. The van der Waals surface area contributed by atoms with Gasteiger partial charge in [-0.1, -0.05) is 32.0 Å². The molecule has 1 aliphatic rings. The van der Waals surface area contributed by atoms with E-state index in [1.165, 1.54) is 18.2 Å². The second-order valence-corrected chi connectivity index (χ2v) is 5.82. The van der Waals surface area contributed by atoms with Gasteiger partial charge in [-0.2, -0.15) is 0 Å². The summed E-state index contributed by atoms with van der Waals surface area (Å²) >= 11 is 0. The molecule has 0 saturated carbocycles. The Morgan fingerprint density at radius 3 is 2.37 bits per heavy atom. The maximum Gasteiger partial charge on any atom is 0.341 e. The smallest absolute Gasteiger partial charge is 0.341 e. The molecule has 3 heteroatoms. The predicted octanol–water partition coefficient (Wildman–Crippen LogP) is 3.12. The Morgan fingerprint density at radius 2 is 1.89 bits per heavy atom. The standard InChI is InChI=1S/C16H22O3/c1-10(2)16(14(17)18-6)15(5,19-16)13-8-7-11(3)12(4)9-13/h7-10H,1-6H3. The highest BCUT2D eigenvalue weighted by atomic mass is 16.7. The van der Waals surface area contributed by atoms with Crippen molar-refractivity contribution >= 4 is 5.97 Å². The van der Waals surface area contributed by atoms with Gasteiger partial charge >= 0.3 is 5.97 Å². The Labute approximate surface area is 114 Å². The number of hydrogen-bond acceptors (Lipinski definition) is 3. The first kappa shape index (κ1) is 14.1. The van der Waals surface area contributed by atoms with Crippen LogP contribution in [0, 0.1) is 19.8 Å². The molecule has 3 nitrogen and oxygen atoms in total. The third kappa shape index (κ3) is 1.79. The third-order valence-electron chi connectivity index (χ3n) is 4.39. The van der Waals surface area contributed by atoms with Crippen LogP contribution in [-0.2, 0) is 19.9 Å². The Kier molecular flexibility index (Phi) is 3.21. The highest BCUT2D eigenvalue weighted by Crippen LogP contribution is 2.60. The predicted molar refractivity (Wildman–Crippen MR) is 73.9 cm³/mol. The van der Waals surface area contributed by atoms with Crippen molar-refractivity contribution in [2.45, 2.75) is 45.8 Å². The molecule has 1 saturated heterocycles. The highest BCUT2D eigenvalue weighted by molar-refractivity contribution is 5.85. The van der Waals surface area contributed by atoms with E-state index < -0.39 is 11.2 Å². The number of esters is 1. The molecule has 0 amide bonds. The zero-order chi connectivity index (χ0) is 14.4. The fraction of sp³-hybridized carbons (Fsp3) is 0.562. The van der Waals surface area contributed by atoms with Gasteiger partial charge in [0.05, 0.1) is 7.11 Å². The first-order valence-electron chi connectivity index (χ1n) is 6.66. The number of benzene rings is 1. The third-order valence-corrected chi connectivity index (χ3v) is 4.39. The maximum absolute atomic E-state index is 12.1. The minimum absolute atomic E-state index is 0.0616. The Balaban J connectivity index is 2.45. The highest BCUT2D eigenvalue weighted by Gasteiger charge is 2.75. The molecule has 0 bridgehead atoms. The fourth-order valence-corrected chi connectivity index (χ4v) is 2.90. The van der Waals surface area contributed by atoms with Crippen molar-refractivity contribution in [1.82, 2.24) is 0 Å². The van der Waals surface area contributed by atoms with Crippen LogP contribution in [0.2, 0.25) is 0 Å². The van der Waals surface area contributed by atoms with E-state index in [1.807, 2.05) is 26.8 Å². The van der Waals surface area contributed by atoms with Gasteiger partial charge in [0.2, 0.25) is 5.60 Å². The number of methoxy groups -OCH3 is 1. The van der Waals surface area contributed by atoms with Crippen LogP contribution in [0.4, 0.5) is 0 Å². The summed E-state index contributed by atoms with van der Waals surface area (Å²) in [4.78, 5) is 12.1. The van der Waals surface area contributed by atoms with Crippen molar-refractivity contribution in [3.63, 3.8) is 0 Å². The molecule has 0 spiro atoms. The average Bonchev–Trinajstić information content (AvgIpc) is 3.01. The molecule has 19 heavy (non-hydrogen) atoms. The SMILES string of the molecule is COC(=O)C1(C(C)C)OC1(C)c1ccc(C)c(C)c1. The minimum atomic E-state index is -0.858. The van der Waals surface area contributed by atoms with Gasteiger partial charge in [0.15, 0.2) is 0 Å². The molecule has 2 unspecified atom stereocenters. The van der Waals surface area contributed by atoms with Crippen LogP contribution in [-0.4, -0.2) is 18.7 Å². The van der Waals surface area contributed by atoms with E-state index >= 15 is 0 Å². The zero-order valence-electron chi connectivity index (χ0n) is 12.5. The molecule has 104 valence electrons. The van der Waals surface area contributed by atoms with Gasteiger partial charge in [0.25, 0.3) is 0 Å². The van der Waals surface area contributed by atoms with Crippen molar-refractivity contribution in [2.75, 3.05) is 7.11 Å². The molecule has 1 aromatic carbocycles. The molecule has 2 rings (SSSR count). The van der Waals surface area contributed by atoms with Crippen molar-refractivity contribution in [3.05, 3.63) is 34.9 Å². The van der Waals surface area contributed by atoms with Crippen LogP contribution in [0.15, 0.2) is 18.2 Å². The van der Waals surface area contributed by atoms with E-state index in [9.17, 15) is 4.79 Å². The molecule has 1 heterocycles.